The fourth-order valence-electron chi connectivity index (χ4n) is 3.28. The van der Waals surface area contributed by atoms with Crippen LogP contribution in [0.25, 0.3) is 0 Å². The van der Waals surface area contributed by atoms with Gasteiger partial charge in [-0.2, -0.15) is 0 Å². The van der Waals surface area contributed by atoms with Crippen molar-refractivity contribution in [1.82, 2.24) is 4.90 Å². The van der Waals surface area contributed by atoms with Crippen LogP contribution in [-0.2, 0) is 4.74 Å². The van der Waals surface area contributed by atoms with Crippen molar-refractivity contribution < 1.29 is 9.53 Å². The summed E-state index contributed by atoms with van der Waals surface area (Å²) in [5.74, 6) is 0.115. The molecule has 3 rings (SSSR count). The smallest absolute Gasteiger partial charge is 0.161 e. The van der Waals surface area contributed by atoms with Crippen molar-refractivity contribution >= 4 is 17.2 Å². The van der Waals surface area contributed by atoms with Crippen LogP contribution >= 0.6 is 0 Å². The number of likely N-dealkylation sites (N-methyl/N-ethyl adjacent to an activating group) is 1. The van der Waals surface area contributed by atoms with E-state index in [1.165, 1.54) is 5.69 Å². The van der Waals surface area contributed by atoms with Crippen molar-refractivity contribution in [2.24, 2.45) is 0 Å². The molecule has 2 aliphatic heterocycles. The van der Waals surface area contributed by atoms with Gasteiger partial charge in [-0.05, 0) is 45.0 Å². The Morgan fingerprint density at radius 1 is 1.17 bits per heavy atom. The molecule has 0 bridgehead atoms. The molecule has 5 heteroatoms. The van der Waals surface area contributed by atoms with Gasteiger partial charge < -0.3 is 19.9 Å². The first kappa shape index (κ1) is 16.3. The number of carbonyl (C=O) groups is 1. The van der Waals surface area contributed by atoms with E-state index in [9.17, 15) is 4.79 Å². The topological polar surface area (TPSA) is 44.8 Å². The second kappa shape index (κ2) is 7.32. The van der Waals surface area contributed by atoms with E-state index >= 15 is 0 Å². The van der Waals surface area contributed by atoms with Gasteiger partial charge in [0.05, 0.1) is 0 Å². The lowest BCUT2D eigenvalue weighted by Gasteiger charge is -2.34. The molecule has 2 heterocycles. The monoisotopic (exact) mass is 317 g/mol. The van der Waals surface area contributed by atoms with E-state index in [-0.39, 0.29) is 5.78 Å². The van der Waals surface area contributed by atoms with Gasteiger partial charge in [0.1, 0.15) is 0 Å². The Balaban J connectivity index is 1.79. The zero-order valence-electron chi connectivity index (χ0n) is 14.2. The standard InChI is InChI=1S/C18H27N3O2/c1-14(22)17-4-3-16(21-9-7-20(2)8-10-21)13-18(17)19-15-5-11-23-12-6-15/h3-4,13,15,19H,5-12H2,1-2H3. The molecule has 2 aliphatic rings. The van der Waals surface area contributed by atoms with Crippen LogP contribution in [0, 0.1) is 0 Å². The number of rotatable bonds is 4. The minimum atomic E-state index is 0.115. The average Bonchev–Trinajstić information content (AvgIpc) is 2.56. The highest BCUT2D eigenvalue weighted by molar-refractivity contribution is 6.00. The van der Waals surface area contributed by atoms with Crippen molar-refractivity contribution in [3.8, 4) is 0 Å². The summed E-state index contributed by atoms with van der Waals surface area (Å²) in [4.78, 5) is 16.7. The van der Waals surface area contributed by atoms with Gasteiger partial charge in [-0.3, -0.25) is 4.79 Å². The number of hydrogen-bond donors (Lipinski definition) is 1. The third-order valence-electron chi connectivity index (χ3n) is 4.83. The van der Waals surface area contributed by atoms with E-state index < -0.39 is 0 Å². The number of Topliss-reactive ketones (excluding diaryl/α,β-unsaturated/α-hetero) is 1. The zero-order chi connectivity index (χ0) is 16.2. The average molecular weight is 317 g/mol. The lowest BCUT2D eigenvalue weighted by molar-refractivity contribution is 0.0904. The second-order valence-electron chi connectivity index (χ2n) is 6.61. The summed E-state index contributed by atoms with van der Waals surface area (Å²) >= 11 is 0. The normalized spacial score (nSPS) is 20.5. The maximum Gasteiger partial charge on any atom is 0.161 e. The molecule has 0 radical (unpaired) electrons. The Morgan fingerprint density at radius 2 is 1.87 bits per heavy atom. The van der Waals surface area contributed by atoms with E-state index in [1.54, 1.807) is 6.92 Å². The second-order valence-corrected chi connectivity index (χ2v) is 6.61. The molecule has 1 aromatic carbocycles. The summed E-state index contributed by atoms with van der Waals surface area (Å²) in [6, 6.07) is 6.59. The Morgan fingerprint density at radius 3 is 2.52 bits per heavy atom. The van der Waals surface area contributed by atoms with E-state index in [0.29, 0.717) is 6.04 Å². The quantitative estimate of drug-likeness (QED) is 0.863. The molecule has 0 atom stereocenters. The lowest BCUT2D eigenvalue weighted by atomic mass is 10.0. The zero-order valence-corrected chi connectivity index (χ0v) is 14.2. The number of ketones is 1. The van der Waals surface area contributed by atoms with Gasteiger partial charge in [0.25, 0.3) is 0 Å². The van der Waals surface area contributed by atoms with Crippen molar-refractivity contribution in [2.75, 3.05) is 56.7 Å². The van der Waals surface area contributed by atoms with E-state index in [1.807, 2.05) is 6.07 Å². The minimum Gasteiger partial charge on any atom is -0.381 e. The van der Waals surface area contributed by atoms with Gasteiger partial charge in [0, 0.05) is 62.4 Å². The minimum absolute atomic E-state index is 0.115. The van der Waals surface area contributed by atoms with Crippen LogP contribution in [0.3, 0.4) is 0 Å². The highest BCUT2D eigenvalue weighted by Gasteiger charge is 2.19. The Hall–Kier alpha value is -1.59. The molecular formula is C18H27N3O2. The molecule has 0 amide bonds. The van der Waals surface area contributed by atoms with Gasteiger partial charge in [-0.25, -0.2) is 0 Å². The van der Waals surface area contributed by atoms with Crippen molar-refractivity contribution in [1.29, 1.82) is 0 Å². The predicted molar refractivity (Wildman–Crippen MR) is 93.6 cm³/mol. The molecule has 23 heavy (non-hydrogen) atoms. The van der Waals surface area contributed by atoms with Gasteiger partial charge in [-0.15, -0.1) is 0 Å². The summed E-state index contributed by atoms with van der Waals surface area (Å²) in [5, 5.41) is 3.58. The lowest BCUT2D eigenvalue weighted by Crippen LogP contribution is -2.44. The van der Waals surface area contributed by atoms with Crippen molar-refractivity contribution in [2.45, 2.75) is 25.8 Å². The number of hydrogen-bond acceptors (Lipinski definition) is 5. The molecule has 2 saturated heterocycles. The fraction of sp³-hybridized carbons (Fsp3) is 0.611. The maximum absolute atomic E-state index is 12.0. The third kappa shape index (κ3) is 4.03. The van der Waals surface area contributed by atoms with Gasteiger partial charge in [0.15, 0.2) is 5.78 Å². The maximum atomic E-state index is 12.0. The molecule has 0 spiro atoms. The number of piperazine rings is 1. The summed E-state index contributed by atoms with van der Waals surface area (Å²) in [6.07, 6.45) is 1.99. The van der Waals surface area contributed by atoms with Crippen LogP contribution in [0.5, 0.6) is 0 Å². The van der Waals surface area contributed by atoms with Crippen LogP contribution < -0.4 is 10.2 Å². The number of nitrogens with zero attached hydrogens (tertiary/aromatic N) is 2. The molecule has 5 nitrogen and oxygen atoms in total. The van der Waals surface area contributed by atoms with Crippen LogP contribution in [-0.4, -0.2) is 63.2 Å². The first-order chi connectivity index (χ1) is 11.1. The Bertz CT molecular complexity index is 547. The summed E-state index contributed by atoms with van der Waals surface area (Å²) < 4.78 is 5.42. The van der Waals surface area contributed by atoms with E-state index in [0.717, 1.165) is 63.5 Å². The Labute approximate surface area is 138 Å². The predicted octanol–water partition coefficient (Wildman–Crippen LogP) is 2.23. The molecule has 0 saturated carbocycles. The number of ether oxygens (including phenoxy) is 1. The summed E-state index contributed by atoms with van der Waals surface area (Å²) in [6.45, 7) is 7.46. The van der Waals surface area contributed by atoms with Crippen LogP contribution in [0.2, 0.25) is 0 Å². The number of anilines is 2. The molecule has 2 fully saturated rings. The van der Waals surface area contributed by atoms with E-state index in [4.69, 9.17) is 4.74 Å². The van der Waals surface area contributed by atoms with Crippen molar-refractivity contribution in [3.05, 3.63) is 23.8 Å². The highest BCUT2D eigenvalue weighted by atomic mass is 16.5. The van der Waals surface area contributed by atoms with Crippen LogP contribution in [0.4, 0.5) is 11.4 Å². The number of benzene rings is 1. The molecule has 1 aromatic rings. The van der Waals surface area contributed by atoms with Crippen LogP contribution in [0.15, 0.2) is 18.2 Å². The van der Waals surface area contributed by atoms with E-state index in [2.05, 4.69) is 34.3 Å². The van der Waals surface area contributed by atoms with Gasteiger partial charge in [-0.1, -0.05) is 0 Å². The fourth-order valence-corrected chi connectivity index (χ4v) is 3.28. The molecule has 126 valence electrons. The highest BCUT2D eigenvalue weighted by Crippen LogP contribution is 2.27. The first-order valence-electron chi connectivity index (χ1n) is 8.56. The Kier molecular flexibility index (Phi) is 5.18. The summed E-state index contributed by atoms with van der Waals surface area (Å²) in [5.41, 5.74) is 2.97. The number of carbonyl (C=O) groups excluding carboxylic acids is 1. The SMILES string of the molecule is CC(=O)c1ccc(N2CCN(C)CC2)cc1NC1CCOCC1. The van der Waals surface area contributed by atoms with Crippen molar-refractivity contribution in [3.63, 3.8) is 0 Å². The number of nitrogens with one attached hydrogen (secondary N) is 1. The molecule has 0 aliphatic carbocycles. The third-order valence-corrected chi connectivity index (χ3v) is 4.83. The molecule has 0 aromatic heterocycles. The van der Waals surface area contributed by atoms with Gasteiger partial charge >= 0.3 is 0 Å². The first-order valence-corrected chi connectivity index (χ1v) is 8.56. The molecule has 1 N–H and O–H groups in total. The van der Waals surface area contributed by atoms with Gasteiger partial charge in [0.2, 0.25) is 0 Å². The van der Waals surface area contributed by atoms with Crippen LogP contribution in [0.1, 0.15) is 30.1 Å². The molecule has 0 unspecified atom stereocenters. The molecular weight excluding hydrogens is 290 g/mol. The summed E-state index contributed by atoms with van der Waals surface area (Å²) in [7, 11) is 2.16. The largest absolute Gasteiger partial charge is 0.381 e.